The zero-order valence-electron chi connectivity index (χ0n) is 16.9. The first-order valence-corrected chi connectivity index (χ1v) is 9.75. The van der Waals surface area contributed by atoms with Crippen LogP contribution in [0.4, 0.5) is 4.39 Å². The Kier molecular flexibility index (Phi) is 6.64. The number of nitrogens with zero attached hydrogens (tertiary/aromatic N) is 3. The van der Waals surface area contributed by atoms with E-state index in [9.17, 15) is 14.0 Å². The molecule has 156 valence electrons. The van der Waals surface area contributed by atoms with Gasteiger partial charge in [-0.15, -0.1) is 0 Å². The van der Waals surface area contributed by atoms with E-state index in [0.717, 1.165) is 5.56 Å². The van der Waals surface area contributed by atoms with E-state index in [1.54, 1.807) is 22.9 Å². The van der Waals surface area contributed by atoms with Crippen LogP contribution in [0.15, 0.2) is 36.7 Å². The molecule has 2 aromatic rings. The fourth-order valence-electron chi connectivity index (χ4n) is 3.62. The van der Waals surface area contributed by atoms with Gasteiger partial charge in [-0.2, -0.15) is 5.10 Å². The molecule has 0 saturated carbocycles. The number of hydrogen-bond acceptors (Lipinski definition) is 4. The third kappa shape index (κ3) is 5.41. The maximum atomic E-state index is 13.1. The minimum Gasteiger partial charge on any atom is -0.385 e. The molecule has 7 nitrogen and oxygen atoms in total. The van der Waals surface area contributed by atoms with Crippen LogP contribution < -0.4 is 5.32 Å². The van der Waals surface area contributed by atoms with Crippen LogP contribution in [0.2, 0.25) is 0 Å². The van der Waals surface area contributed by atoms with E-state index in [2.05, 4.69) is 10.4 Å². The average molecular weight is 402 g/mol. The number of rotatable bonds is 8. The van der Waals surface area contributed by atoms with E-state index in [1.807, 2.05) is 13.1 Å². The summed E-state index contributed by atoms with van der Waals surface area (Å²) in [5.41, 5.74) is 0.891. The number of methoxy groups -OCH3 is 1. The molecule has 1 fully saturated rings. The van der Waals surface area contributed by atoms with Gasteiger partial charge in [0.05, 0.1) is 11.7 Å². The van der Waals surface area contributed by atoms with E-state index >= 15 is 0 Å². The third-order valence-electron chi connectivity index (χ3n) is 5.29. The Hall–Kier alpha value is -2.74. The van der Waals surface area contributed by atoms with Crippen LogP contribution in [0.3, 0.4) is 0 Å². The van der Waals surface area contributed by atoms with Gasteiger partial charge in [0.2, 0.25) is 5.91 Å². The SMILES string of the molecule is COCCC1(NC(=O)c2ccc(F)cc2)CCN(C(=O)CCn2cc(C)cn2)C1. The van der Waals surface area contributed by atoms with Crippen molar-refractivity contribution in [2.75, 3.05) is 26.8 Å². The van der Waals surface area contributed by atoms with Crippen molar-refractivity contribution >= 4 is 11.8 Å². The molecule has 1 aliphatic heterocycles. The summed E-state index contributed by atoms with van der Waals surface area (Å²) in [5, 5.41) is 7.28. The monoisotopic (exact) mass is 402 g/mol. The molecule has 0 radical (unpaired) electrons. The van der Waals surface area contributed by atoms with Gasteiger partial charge in [-0.1, -0.05) is 0 Å². The first-order valence-electron chi connectivity index (χ1n) is 9.75. The summed E-state index contributed by atoms with van der Waals surface area (Å²) >= 11 is 0. The van der Waals surface area contributed by atoms with Gasteiger partial charge in [0.25, 0.3) is 5.91 Å². The molecule has 0 bridgehead atoms. The van der Waals surface area contributed by atoms with E-state index in [1.165, 1.54) is 24.3 Å². The highest BCUT2D eigenvalue weighted by Crippen LogP contribution is 2.26. The molecule has 29 heavy (non-hydrogen) atoms. The number of ether oxygens (including phenoxy) is 1. The Morgan fingerprint density at radius 1 is 1.31 bits per heavy atom. The molecular formula is C21H27FN4O3. The first kappa shape index (κ1) is 21.0. The van der Waals surface area contributed by atoms with Gasteiger partial charge in [-0.3, -0.25) is 14.3 Å². The summed E-state index contributed by atoms with van der Waals surface area (Å²) in [4.78, 5) is 27.1. The number of likely N-dealkylation sites (tertiary alicyclic amines) is 1. The molecule has 2 heterocycles. The predicted molar refractivity (Wildman–Crippen MR) is 106 cm³/mol. The average Bonchev–Trinajstić information content (AvgIpc) is 3.32. The number of carbonyl (C=O) groups is 2. The molecule has 1 aliphatic rings. The molecule has 3 rings (SSSR count). The molecule has 1 saturated heterocycles. The van der Waals surface area contributed by atoms with Crippen molar-refractivity contribution in [1.82, 2.24) is 20.0 Å². The highest BCUT2D eigenvalue weighted by molar-refractivity contribution is 5.94. The lowest BCUT2D eigenvalue weighted by molar-refractivity contribution is -0.130. The number of amides is 2. The van der Waals surface area contributed by atoms with Gasteiger partial charge in [0, 0.05) is 51.5 Å². The zero-order chi connectivity index (χ0) is 20.9. The lowest BCUT2D eigenvalue weighted by Gasteiger charge is -2.30. The maximum Gasteiger partial charge on any atom is 0.251 e. The van der Waals surface area contributed by atoms with Crippen molar-refractivity contribution < 1.29 is 18.7 Å². The van der Waals surface area contributed by atoms with Crippen LogP contribution >= 0.6 is 0 Å². The van der Waals surface area contributed by atoms with Crippen LogP contribution in [-0.2, 0) is 16.1 Å². The Morgan fingerprint density at radius 2 is 2.07 bits per heavy atom. The summed E-state index contributed by atoms with van der Waals surface area (Å²) in [7, 11) is 1.61. The van der Waals surface area contributed by atoms with E-state index in [4.69, 9.17) is 4.74 Å². The summed E-state index contributed by atoms with van der Waals surface area (Å²) in [6.07, 6.45) is 5.27. The fourth-order valence-corrected chi connectivity index (χ4v) is 3.62. The van der Waals surface area contributed by atoms with Crippen LogP contribution in [0.1, 0.15) is 35.2 Å². The van der Waals surface area contributed by atoms with Crippen molar-refractivity contribution in [3.05, 3.63) is 53.6 Å². The standard InChI is InChI=1S/C21H27FN4O3/c1-16-13-23-26(14-16)10-7-19(27)25-11-8-21(15-25,9-12-29-2)24-20(28)17-3-5-18(22)6-4-17/h3-6,13-14H,7-12,15H2,1-2H3,(H,24,28). The molecule has 1 unspecified atom stereocenters. The molecule has 1 N–H and O–H groups in total. The second-order valence-corrected chi connectivity index (χ2v) is 7.58. The largest absolute Gasteiger partial charge is 0.385 e. The molecule has 2 amide bonds. The fraction of sp³-hybridized carbons (Fsp3) is 0.476. The van der Waals surface area contributed by atoms with Gasteiger partial charge >= 0.3 is 0 Å². The molecule has 1 aromatic heterocycles. The number of carbonyl (C=O) groups excluding carboxylic acids is 2. The summed E-state index contributed by atoms with van der Waals surface area (Å²) in [6.45, 7) is 3.96. The minimum absolute atomic E-state index is 0.0356. The van der Waals surface area contributed by atoms with E-state index < -0.39 is 5.54 Å². The van der Waals surface area contributed by atoms with Crippen molar-refractivity contribution in [1.29, 1.82) is 0 Å². The highest BCUT2D eigenvalue weighted by atomic mass is 19.1. The van der Waals surface area contributed by atoms with Crippen molar-refractivity contribution in [2.24, 2.45) is 0 Å². The molecule has 0 aliphatic carbocycles. The highest BCUT2D eigenvalue weighted by Gasteiger charge is 2.40. The quantitative estimate of drug-likeness (QED) is 0.734. The van der Waals surface area contributed by atoms with Crippen LogP contribution in [0.5, 0.6) is 0 Å². The van der Waals surface area contributed by atoms with Gasteiger partial charge in [0.1, 0.15) is 5.82 Å². The predicted octanol–water partition coefficient (Wildman–Crippen LogP) is 2.16. The number of hydrogen-bond donors (Lipinski definition) is 1. The zero-order valence-corrected chi connectivity index (χ0v) is 16.9. The second kappa shape index (κ2) is 9.17. The van der Waals surface area contributed by atoms with Crippen LogP contribution in [-0.4, -0.2) is 58.8 Å². The Bertz CT molecular complexity index is 852. The number of halogens is 1. The molecule has 8 heteroatoms. The van der Waals surface area contributed by atoms with Crippen LogP contribution in [0, 0.1) is 12.7 Å². The number of aryl methyl sites for hydroxylation is 2. The minimum atomic E-state index is -0.556. The second-order valence-electron chi connectivity index (χ2n) is 7.58. The molecular weight excluding hydrogens is 375 g/mol. The van der Waals surface area contributed by atoms with Gasteiger partial charge in [-0.25, -0.2) is 4.39 Å². The van der Waals surface area contributed by atoms with Crippen molar-refractivity contribution in [2.45, 2.75) is 38.3 Å². The van der Waals surface area contributed by atoms with Gasteiger partial charge in [-0.05, 0) is 49.6 Å². The molecule has 1 atom stereocenters. The lowest BCUT2D eigenvalue weighted by Crippen LogP contribution is -2.51. The summed E-state index contributed by atoms with van der Waals surface area (Å²) in [5.74, 6) is -0.628. The maximum absolute atomic E-state index is 13.1. The van der Waals surface area contributed by atoms with Gasteiger partial charge in [0.15, 0.2) is 0 Å². The number of aromatic nitrogens is 2. The van der Waals surface area contributed by atoms with E-state index in [0.29, 0.717) is 51.1 Å². The van der Waals surface area contributed by atoms with Crippen molar-refractivity contribution in [3.63, 3.8) is 0 Å². The Balaban J connectivity index is 1.62. The smallest absolute Gasteiger partial charge is 0.251 e. The van der Waals surface area contributed by atoms with Crippen LogP contribution in [0.25, 0.3) is 0 Å². The summed E-state index contributed by atoms with van der Waals surface area (Å²) in [6, 6.07) is 5.44. The number of nitrogens with one attached hydrogen (secondary N) is 1. The summed E-state index contributed by atoms with van der Waals surface area (Å²) < 4.78 is 20.1. The topological polar surface area (TPSA) is 76.5 Å². The third-order valence-corrected chi connectivity index (χ3v) is 5.29. The number of benzene rings is 1. The first-order chi connectivity index (χ1) is 13.9. The van der Waals surface area contributed by atoms with E-state index in [-0.39, 0.29) is 17.6 Å². The normalized spacial score (nSPS) is 18.8. The lowest BCUT2D eigenvalue weighted by atomic mass is 9.94. The van der Waals surface area contributed by atoms with Crippen molar-refractivity contribution in [3.8, 4) is 0 Å². The molecule has 0 spiro atoms. The van der Waals surface area contributed by atoms with Gasteiger partial charge < -0.3 is 15.0 Å². The Morgan fingerprint density at radius 3 is 2.72 bits per heavy atom. The molecule has 1 aromatic carbocycles. The Labute approximate surface area is 169 Å².